The van der Waals surface area contributed by atoms with Crippen LogP contribution >= 0.6 is 35.9 Å². The summed E-state index contributed by atoms with van der Waals surface area (Å²) in [5.74, 6) is 0. The van der Waals surface area contributed by atoms with E-state index in [-0.39, 0.29) is 0 Å². The van der Waals surface area contributed by atoms with Gasteiger partial charge in [0.25, 0.3) is 0 Å². The molecule has 0 bridgehead atoms. The minimum Gasteiger partial charge on any atom is -0.299 e. The Balaban J connectivity index is 1.98. The van der Waals surface area contributed by atoms with Crippen molar-refractivity contribution in [1.82, 2.24) is 10.2 Å². The summed E-state index contributed by atoms with van der Waals surface area (Å²) < 4.78 is 5.50. The summed E-state index contributed by atoms with van der Waals surface area (Å²) in [5, 5.41) is 6.84. The van der Waals surface area contributed by atoms with Crippen LogP contribution in [0.2, 0.25) is 5.02 Å². The first-order chi connectivity index (χ1) is 11.2. The maximum absolute atomic E-state index is 5.96. The van der Waals surface area contributed by atoms with Crippen molar-refractivity contribution >= 4 is 35.9 Å². The minimum atomic E-state index is 0.656. The van der Waals surface area contributed by atoms with Gasteiger partial charge in [0.1, 0.15) is 4.64 Å². The highest BCUT2D eigenvalue weighted by atomic mass is 35.5. The highest BCUT2D eigenvalue weighted by Crippen LogP contribution is 2.33. The zero-order valence-corrected chi connectivity index (χ0v) is 14.5. The smallest absolute Gasteiger partial charge is 0.127 e. The second-order valence-corrected chi connectivity index (χ2v) is 6.30. The number of hydrogen-bond donors (Lipinski definition) is 2. The topological polar surface area (TPSA) is 50.0 Å². The molecule has 2 aromatic carbocycles. The number of halogens is 1. The van der Waals surface area contributed by atoms with Gasteiger partial charge in [-0.1, -0.05) is 48.1 Å². The fourth-order valence-corrected chi connectivity index (χ4v) is 3.01. The highest BCUT2D eigenvalue weighted by molar-refractivity contribution is 7.94. The monoisotopic (exact) mass is 364 g/mol. The zero-order chi connectivity index (χ0) is 16.2. The zero-order valence-electron chi connectivity index (χ0n) is 12.1. The van der Waals surface area contributed by atoms with Crippen molar-refractivity contribution < 1.29 is 9.22 Å². The van der Waals surface area contributed by atoms with Crippen LogP contribution in [0.15, 0.2) is 53.4 Å². The van der Waals surface area contributed by atoms with E-state index < -0.39 is 0 Å². The van der Waals surface area contributed by atoms with Crippen LogP contribution in [0.1, 0.15) is 0 Å². The first kappa shape index (κ1) is 16.3. The van der Waals surface area contributed by atoms with E-state index in [4.69, 9.17) is 28.2 Å². The molecule has 23 heavy (non-hydrogen) atoms. The van der Waals surface area contributed by atoms with Gasteiger partial charge in [-0.3, -0.25) is 10.2 Å². The van der Waals surface area contributed by atoms with E-state index in [1.165, 1.54) is 7.11 Å². The van der Waals surface area contributed by atoms with Crippen molar-refractivity contribution in [3.8, 4) is 22.4 Å². The van der Waals surface area contributed by atoms with E-state index in [9.17, 15) is 0 Å². The van der Waals surface area contributed by atoms with E-state index in [0.717, 1.165) is 39.3 Å². The Morgan fingerprint density at radius 3 is 2.26 bits per heavy atom. The lowest BCUT2D eigenvalue weighted by Gasteiger charge is -2.05. The Hall–Kier alpha value is -1.57. The van der Waals surface area contributed by atoms with Gasteiger partial charge in [-0.15, -0.1) is 0 Å². The van der Waals surface area contributed by atoms with E-state index >= 15 is 0 Å². The van der Waals surface area contributed by atoms with Crippen molar-refractivity contribution in [1.29, 1.82) is 0 Å². The molecule has 2 N–H and O–H groups in total. The highest BCUT2D eigenvalue weighted by Gasteiger charge is 2.12. The molecule has 118 valence electrons. The maximum atomic E-state index is 5.96. The van der Waals surface area contributed by atoms with Gasteiger partial charge < -0.3 is 0 Å². The summed E-state index contributed by atoms with van der Waals surface area (Å²) in [6.45, 7) is 0. The lowest BCUT2D eigenvalue weighted by molar-refractivity contribution is -0.160. The molecule has 0 aliphatic heterocycles. The van der Waals surface area contributed by atoms with Gasteiger partial charge in [0, 0.05) is 21.0 Å². The largest absolute Gasteiger partial charge is 0.299 e. The second kappa shape index (κ2) is 7.33. The average molecular weight is 365 g/mol. The Kier molecular flexibility index (Phi) is 5.20. The minimum absolute atomic E-state index is 0.656. The molecule has 1 aromatic heterocycles. The molecule has 7 heteroatoms. The average Bonchev–Trinajstić information content (AvgIpc) is 2.96. The van der Waals surface area contributed by atoms with Crippen molar-refractivity contribution in [2.45, 2.75) is 4.90 Å². The van der Waals surface area contributed by atoms with Crippen molar-refractivity contribution in [2.75, 3.05) is 7.11 Å². The summed E-state index contributed by atoms with van der Waals surface area (Å²) in [6.07, 6.45) is 0. The standard InChI is InChI=1S/C16H13ClN2O2S2/c1-20-21-23-13-8-4-11(5-9-13)15-14(16(22)19-18-15)10-2-6-12(17)7-3-10/h2-9H,1H3,(H2,18,19,22). The molecule has 0 aliphatic rings. The molecule has 3 rings (SSSR count). The normalized spacial score (nSPS) is 10.9. The predicted octanol–water partition coefficient (Wildman–Crippen LogP) is 5.64. The summed E-state index contributed by atoms with van der Waals surface area (Å²) in [6, 6.07) is 15.5. The lowest BCUT2D eigenvalue weighted by atomic mass is 10.0. The summed E-state index contributed by atoms with van der Waals surface area (Å²) in [4.78, 5) is 5.52. The number of rotatable bonds is 5. The van der Waals surface area contributed by atoms with E-state index in [0.29, 0.717) is 9.66 Å². The number of nitrogens with one attached hydrogen (secondary N) is 2. The van der Waals surface area contributed by atoms with Crippen LogP contribution in [0.25, 0.3) is 22.4 Å². The molecular formula is C16H13ClN2O2S2. The number of aromatic nitrogens is 2. The molecule has 0 saturated carbocycles. The van der Waals surface area contributed by atoms with Crippen molar-refractivity contribution in [2.24, 2.45) is 0 Å². The Labute approximate surface area is 147 Å². The van der Waals surface area contributed by atoms with Gasteiger partial charge in [-0.25, -0.2) is 4.89 Å². The van der Waals surface area contributed by atoms with E-state index in [2.05, 4.69) is 15.1 Å². The fraction of sp³-hybridized carbons (Fsp3) is 0.0625. The maximum Gasteiger partial charge on any atom is 0.127 e. The van der Waals surface area contributed by atoms with Crippen LogP contribution in [0, 0.1) is 4.64 Å². The van der Waals surface area contributed by atoms with Crippen LogP contribution in [0.3, 0.4) is 0 Å². The number of H-pyrrole nitrogens is 2. The van der Waals surface area contributed by atoms with E-state index in [1.807, 2.05) is 48.5 Å². The predicted molar refractivity (Wildman–Crippen MR) is 95.8 cm³/mol. The molecule has 0 spiro atoms. The summed E-state index contributed by atoms with van der Waals surface area (Å²) in [5.41, 5.74) is 3.91. The molecule has 3 aromatic rings. The molecule has 0 saturated heterocycles. The first-order valence-electron chi connectivity index (χ1n) is 6.73. The first-order valence-corrected chi connectivity index (χ1v) is 8.26. The molecule has 0 atom stereocenters. The molecule has 4 nitrogen and oxygen atoms in total. The van der Waals surface area contributed by atoms with Crippen LogP contribution in [-0.4, -0.2) is 17.3 Å². The van der Waals surface area contributed by atoms with Crippen LogP contribution < -0.4 is 0 Å². The molecule has 1 heterocycles. The third-order valence-corrected chi connectivity index (χ3v) is 4.48. The summed E-state index contributed by atoms with van der Waals surface area (Å²) in [7, 11) is 1.47. The van der Waals surface area contributed by atoms with Gasteiger partial charge in [0.05, 0.1) is 24.8 Å². The molecular weight excluding hydrogens is 352 g/mol. The van der Waals surface area contributed by atoms with Gasteiger partial charge in [-0.2, -0.15) is 4.33 Å². The summed E-state index contributed by atoms with van der Waals surface area (Å²) >= 11 is 12.5. The van der Waals surface area contributed by atoms with Gasteiger partial charge in [-0.05, 0) is 29.8 Å². The van der Waals surface area contributed by atoms with Crippen LogP contribution in [0.5, 0.6) is 0 Å². The molecule has 0 radical (unpaired) electrons. The van der Waals surface area contributed by atoms with E-state index in [1.54, 1.807) is 0 Å². The third kappa shape index (κ3) is 3.68. The number of benzene rings is 2. The number of hydrogen-bond acceptors (Lipinski definition) is 4. The SMILES string of the molecule is COOSc1ccc(-c2[nH][nH]c(=S)c2-c2ccc(Cl)cc2)cc1. The van der Waals surface area contributed by atoms with Gasteiger partial charge in [0.2, 0.25) is 0 Å². The molecule has 0 amide bonds. The second-order valence-electron chi connectivity index (χ2n) is 4.68. The molecule has 0 unspecified atom stereocenters. The van der Waals surface area contributed by atoms with Crippen molar-refractivity contribution in [3.63, 3.8) is 0 Å². The Morgan fingerprint density at radius 1 is 0.957 bits per heavy atom. The fourth-order valence-electron chi connectivity index (χ4n) is 2.22. The van der Waals surface area contributed by atoms with Crippen LogP contribution in [-0.2, 0) is 9.22 Å². The molecule has 0 fully saturated rings. The molecule has 0 aliphatic carbocycles. The van der Waals surface area contributed by atoms with Gasteiger partial charge in [0.15, 0.2) is 0 Å². The third-order valence-electron chi connectivity index (χ3n) is 3.25. The van der Waals surface area contributed by atoms with Gasteiger partial charge >= 0.3 is 0 Å². The number of aromatic amines is 2. The van der Waals surface area contributed by atoms with Crippen molar-refractivity contribution in [3.05, 3.63) is 58.2 Å². The lowest BCUT2D eigenvalue weighted by Crippen LogP contribution is -1.84. The quantitative estimate of drug-likeness (QED) is 0.266. The Bertz CT molecular complexity index is 842. The Morgan fingerprint density at radius 2 is 1.61 bits per heavy atom. The van der Waals surface area contributed by atoms with Crippen LogP contribution in [0.4, 0.5) is 0 Å².